The van der Waals surface area contributed by atoms with Gasteiger partial charge in [0.05, 0.1) is 11.3 Å². The summed E-state index contributed by atoms with van der Waals surface area (Å²) in [7, 11) is 0. The quantitative estimate of drug-likeness (QED) is 0.538. The Hall–Kier alpha value is -2.27. The molecule has 0 radical (unpaired) electrons. The molecule has 0 atom stereocenters. The first-order valence-corrected chi connectivity index (χ1v) is 9.75. The molecule has 0 spiro atoms. The van der Waals surface area contributed by atoms with Crippen molar-refractivity contribution in [2.45, 2.75) is 45.4 Å². The van der Waals surface area contributed by atoms with Gasteiger partial charge in [0.2, 0.25) is 0 Å². The number of carbonyl (C=O) groups is 3. The highest BCUT2D eigenvalue weighted by molar-refractivity contribution is 7.14. The third kappa shape index (κ3) is 4.67. The van der Waals surface area contributed by atoms with Crippen molar-refractivity contribution in [1.82, 2.24) is 0 Å². The van der Waals surface area contributed by atoms with Crippen molar-refractivity contribution < 1.29 is 19.1 Å². The monoisotopic (exact) mass is 370 g/mol. The van der Waals surface area contributed by atoms with Crippen LogP contribution in [-0.2, 0) is 22.4 Å². The van der Waals surface area contributed by atoms with E-state index in [0.29, 0.717) is 10.4 Å². The van der Waals surface area contributed by atoms with E-state index >= 15 is 0 Å². The lowest BCUT2D eigenvalue weighted by atomic mass is 9.90. The van der Waals surface area contributed by atoms with Crippen LogP contribution in [0.3, 0.4) is 0 Å². The summed E-state index contributed by atoms with van der Waals surface area (Å²) in [5, 5.41) is 0. The molecule has 3 rings (SSSR count). The Morgan fingerprint density at radius 3 is 2.46 bits per heavy atom. The molecule has 5 heteroatoms. The number of Topliss-reactive ketones (excluding diaryl/α,β-unsaturated/α-hetero) is 2. The van der Waals surface area contributed by atoms with Gasteiger partial charge in [-0.1, -0.05) is 12.1 Å². The molecule has 1 aromatic heterocycles. The molecule has 1 aromatic carbocycles. The third-order valence-electron chi connectivity index (χ3n) is 4.61. The Labute approximate surface area is 157 Å². The Morgan fingerprint density at radius 2 is 1.73 bits per heavy atom. The summed E-state index contributed by atoms with van der Waals surface area (Å²) in [6.45, 7) is 1.66. The number of hydrogen-bond donors (Lipinski definition) is 0. The van der Waals surface area contributed by atoms with Gasteiger partial charge in [-0.05, 0) is 61.9 Å². The zero-order chi connectivity index (χ0) is 18.5. The van der Waals surface area contributed by atoms with Gasteiger partial charge in [0.25, 0.3) is 0 Å². The molecule has 1 aliphatic rings. The number of fused-ring (bicyclic) bond motifs is 1. The van der Waals surface area contributed by atoms with Crippen LogP contribution in [0.4, 0.5) is 0 Å². The highest BCUT2D eigenvalue weighted by Gasteiger charge is 2.16. The summed E-state index contributed by atoms with van der Waals surface area (Å²) in [6.07, 6.45) is 4.51. The van der Waals surface area contributed by atoms with Crippen molar-refractivity contribution in [3.05, 3.63) is 56.8 Å². The first-order valence-electron chi connectivity index (χ1n) is 8.93. The van der Waals surface area contributed by atoms with E-state index in [9.17, 15) is 14.4 Å². The molecular formula is C21H22O4S. The molecule has 0 amide bonds. The van der Waals surface area contributed by atoms with Crippen molar-refractivity contribution >= 4 is 28.9 Å². The van der Waals surface area contributed by atoms with Crippen LogP contribution in [0.15, 0.2) is 30.3 Å². The van der Waals surface area contributed by atoms with Crippen molar-refractivity contribution in [2.75, 3.05) is 6.61 Å². The Morgan fingerprint density at radius 1 is 0.962 bits per heavy atom. The van der Waals surface area contributed by atoms with Crippen LogP contribution < -0.4 is 0 Å². The molecule has 1 aliphatic carbocycles. The van der Waals surface area contributed by atoms with Crippen LogP contribution in [0.5, 0.6) is 0 Å². The molecule has 4 nitrogen and oxygen atoms in total. The lowest BCUT2D eigenvalue weighted by Gasteiger charge is -2.16. The molecule has 0 saturated carbocycles. The van der Waals surface area contributed by atoms with Gasteiger partial charge in [0.15, 0.2) is 18.2 Å². The van der Waals surface area contributed by atoms with Crippen molar-refractivity contribution in [3.8, 4) is 0 Å². The van der Waals surface area contributed by atoms with Crippen molar-refractivity contribution in [3.63, 3.8) is 0 Å². The highest BCUT2D eigenvalue weighted by atomic mass is 32.1. The number of thiophene rings is 1. The minimum Gasteiger partial charge on any atom is -0.457 e. The second-order valence-electron chi connectivity index (χ2n) is 6.61. The second-order valence-corrected chi connectivity index (χ2v) is 7.90. The number of benzene rings is 1. The van der Waals surface area contributed by atoms with E-state index in [1.807, 2.05) is 31.2 Å². The molecular weight excluding hydrogens is 348 g/mol. The fourth-order valence-electron chi connectivity index (χ4n) is 3.13. The van der Waals surface area contributed by atoms with Crippen LogP contribution in [0.1, 0.15) is 61.7 Å². The van der Waals surface area contributed by atoms with Gasteiger partial charge in [-0.15, -0.1) is 11.3 Å². The summed E-state index contributed by atoms with van der Waals surface area (Å²) in [5.41, 5.74) is 3.13. The van der Waals surface area contributed by atoms with Gasteiger partial charge in [0, 0.05) is 16.9 Å². The molecule has 0 bridgehead atoms. The van der Waals surface area contributed by atoms with Crippen LogP contribution in [0, 0.1) is 6.92 Å². The number of hydrogen-bond acceptors (Lipinski definition) is 5. The number of aryl methyl sites for hydroxylation is 3. The molecule has 0 aliphatic heterocycles. The number of ether oxygens (including phenoxy) is 1. The molecule has 0 saturated heterocycles. The van der Waals surface area contributed by atoms with Gasteiger partial charge >= 0.3 is 5.97 Å². The largest absolute Gasteiger partial charge is 0.457 e. The number of esters is 1. The van der Waals surface area contributed by atoms with E-state index in [-0.39, 0.29) is 31.0 Å². The predicted octanol–water partition coefficient (Wildman–Crippen LogP) is 4.32. The summed E-state index contributed by atoms with van der Waals surface area (Å²) < 4.78 is 5.06. The summed E-state index contributed by atoms with van der Waals surface area (Å²) in [5.74, 6) is -0.786. The lowest BCUT2D eigenvalue weighted by Crippen LogP contribution is -2.15. The molecule has 26 heavy (non-hydrogen) atoms. The molecule has 0 N–H and O–H groups in total. The maximum absolute atomic E-state index is 12.3. The highest BCUT2D eigenvalue weighted by Crippen LogP contribution is 2.22. The van der Waals surface area contributed by atoms with Crippen LogP contribution >= 0.6 is 11.3 Å². The second kappa shape index (κ2) is 8.41. The van der Waals surface area contributed by atoms with E-state index in [1.54, 1.807) is 6.07 Å². The SMILES string of the molecule is Cc1ccc(C(=O)CCC(=O)OCC(=O)c2ccc3c(c2)CCCC3)s1. The average Bonchev–Trinajstić information content (AvgIpc) is 3.10. The predicted molar refractivity (Wildman–Crippen MR) is 101 cm³/mol. The van der Waals surface area contributed by atoms with Gasteiger partial charge in [-0.25, -0.2) is 0 Å². The number of ketones is 2. The van der Waals surface area contributed by atoms with Crippen LogP contribution in [0.2, 0.25) is 0 Å². The minimum atomic E-state index is -0.516. The molecule has 136 valence electrons. The maximum atomic E-state index is 12.3. The molecule has 2 aromatic rings. The van der Waals surface area contributed by atoms with Crippen molar-refractivity contribution in [1.29, 1.82) is 0 Å². The van der Waals surface area contributed by atoms with E-state index < -0.39 is 5.97 Å². The smallest absolute Gasteiger partial charge is 0.306 e. The van der Waals surface area contributed by atoms with Gasteiger partial charge in [-0.3, -0.25) is 14.4 Å². The zero-order valence-electron chi connectivity index (χ0n) is 14.9. The molecule has 1 heterocycles. The van der Waals surface area contributed by atoms with Gasteiger partial charge in [0.1, 0.15) is 0 Å². The van der Waals surface area contributed by atoms with Gasteiger partial charge in [-0.2, -0.15) is 0 Å². The molecule has 0 fully saturated rings. The lowest BCUT2D eigenvalue weighted by molar-refractivity contribution is -0.142. The van der Waals surface area contributed by atoms with Crippen LogP contribution in [0.25, 0.3) is 0 Å². The zero-order valence-corrected chi connectivity index (χ0v) is 15.7. The molecule has 0 unspecified atom stereocenters. The van der Waals surface area contributed by atoms with E-state index in [0.717, 1.165) is 24.1 Å². The van der Waals surface area contributed by atoms with E-state index in [4.69, 9.17) is 4.74 Å². The summed E-state index contributed by atoms with van der Waals surface area (Å²) >= 11 is 1.42. The Bertz CT molecular complexity index is 834. The number of carbonyl (C=O) groups excluding carboxylic acids is 3. The third-order valence-corrected chi connectivity index (χ3v) is 5.65. The Kier molecular flexibility index (Phi) is 5.99. The van der Waals surface area contributed by atoms with E-state index in [1.165, 1.54) is 28.9 Å². The van der Waals surface area contributed by atoms with Crippen molar-refractivity contribution in [2.24, 2.45) is 0 Å². The first-order chi connectivity index (χ1) is 12.5. The minimum absolute atomic E-state index is 0.00670. The average molecular weight is 370 g/mol. The van der Waals surface area contributed by atoms with Crippen LogP contribution in [-0.4, -0.2) is 24.1 Å². The van der Waals surface area contributed by atoms with E-state index in [2.05, 4.69) is 0 Å². The topological polar surface area (TPSA) is 60.4 Å². The number of rotatable bonds is 7. The summed E-state index contributed by atoms with van der Waals surface area (Å²) in [4.78, 5) is 37.8. The summed E-state index contributed by atoms with van der Waals surface area (Å²) in [6, 6.07) is 9.39. The standard InChI is InChI=1S/C21H22O4S/c1-14-6-10-20(26-14)18(22)9-11-21(24)25-13-19(23)17-8-7-15-4-2-3-5-16(15)12-17/h6-8,10,12H,2-5,9,11,13H2,1H3. The first kappa shape index (κ1) is 18.5. The Balaban J connectivity index is 1.46. The van der Waals surface area contributed by atoms with Gasteiger partial charge < -0.3 is 4.74 Å². The fourth-order valence-corrected chi connectivity index (χ4v) is 3.97. The normalized spacial score (nSPS) is 13.1. The maximum Gasteiger partial charge on any atom is 0.306 e. The fraction of sp³-hybridized carbons (Fsp3) is 0.381.